The van der Waals surface area contributed by atoms with E-state index in [1.54, 1.807) is 15.9 Å². The van der Waals surface area contributed by atoms with Crippen LogP contribution in [0.25, 0.3) is 11.0 Å². The predicted octanol–water partition coefficient (Wildman–Crippen LogP) is 1.80. The van der Waals surface area contributed by atoms with Gasteiger partial charge in [-0.25, -0.2) is 4.98 Å². The Bertz CT molecular complexity index is 739. The van der Waals surface area contributed by atoms with Crippen LogP contribution in [0.3, 0.4) is 0 Å². The molecule has 3 aromatic rings. The lowest BCUT2D eigenvalue weighted by Gasteiger charge is -2.38. The van der Waals surface area contributed by atoms with E-state index in [9.17, 15) is 4.79 Å². The topological polar surface area (TPSA) is 64.2 Å². The molecule has 0 unspecified atom stereocenters. The average Bonchev–Trinajstić information content (AvgIpc) is 3.10. The highest BCUT2D eigenvalue weighted by atomic mass is 16.3. The number of hydrogen-bond acceptors (Lipinski definition) is 4. The molecule has 106 valence electrons. The first-order valence-corrected chi connectivity index (χ1v) is 6.90. The molecule has 6 nitrogen and oxygen atoms in total. The number of nitrogens with zero attached hydrogens (tertiary/aromatic N) is 4. The number of furan rings is 1. The Hall–Kier alpha value is -2.63. The fourth-order valence-electron chi connectivity index (χ4n) is 2.69. The standard InChI is InChI=1S/C15H14N4O2/c20-15(14-5-12-3-1-2-4-13(12)21-14)18-6-11(7-18)8-19-10-16-9-17-19/h1-5,9-11H,6-8H2. The highest BCUT2D eigenvalue weighted by Gasteiger charge is 2.33. The van der Waals surface area contributed by atoms with Gasteiger partial charge >= 0.3 is 0 Å². The van der Waals surface area contributed by atoms with Crippen LogP contribution in [-0.2, 0) is 6.54 Å². The van der Waals surface area contributed by atoms with Gasteiger partial charge in [-0.3, -0.25) is 9.48 Å². The summed E-state index contributed by atoms with van der Waals surface area (Å²) in [5.41, 5.74) is 0.750. The van der Waals surface area contributed by atoms with Crippen LogP contribution in [0.2, 0.25) is 0 Å². The Morgan fingerprint density at radius 2 is 2.19 bits per heavy atom. The van der Waals surface area contributed by atoms with Gasteiger partial charge in [-0.05, 0) is 12.1 Å². The Labute approximate surface area is 121 Å². The van der Waals surface area contributed by atoms with E-state index in [2.05, 4.69) is 10.1 Å². The van der Waals surface area contributed by atoms with E-state index in [1.165, 1.54) is 6.33 Å². The van der Waals surface area contributed by atoms with Crippen molar-refractivity contribution < 1.29 is 9.21 Å². The summed E-state index contributed by atoms with van der Waals surface area (Å²) in [4.78, 5) is 18.1. The Balaban J connectivity index is 1.42. The zero-order chi connectivity index (χ0) is 14.2. The molecule has 2 aromatic heterocycles. The van der Waals surface area contributed by atoms with Crippen molar-refractivity contribution in [2.45, 2.75) is 6.54 Å². The third-order valence-corrected chi connectivity index (χ3v) is 3.79. The summed E-state index contributed by atoms with van der Waals surface area (Å²) in [5.74, 6) is 0.802. The Morgan fingerprint density at radius 1 is 1.33 bits per heavy atom. The van der Waals surface area contributed by atoms with Crippen LogP contribution in [0.15, 0.2) is 47.4 Å². The Kier molecular flexibility index (Phi) is 2.73. The van der Waals surface area contributed by atoms with Crippen molar-refractivity contribution in [3.8, 4) is 0 Å². The summed E-state index contributed by atoms with van der Waals surface area (Å²) >= 11 is 0. The summed E-state index contributed by atoms with van der Waals surface area (Å²) in [6.45, 7) is 2.26. The summed E-state index contributed by atoms with van der Waals surface area (Å²) in [6.07, 6.45) is 3.22. The minimum atomic E-state index is -0.0407. The molecule has 0 saturated carbocycles. The molecule has 0 bridgehead atoms. The molecule has 1 aromatic carbocycles. The van der Waals surface area contributed by atoms with Crippen molar-refractivity contribution in [3.63, 3.8) is 0 Å². The molecule has 6 heteroatoms. The van der Waals surface area contributed by atoms with E-state index in [0.717, 1.165) is 30.6 Å². The second kappa shape index (κ2) is 4.73. The smallest absolute Gasteiger partial charge is 0.289 e. The number of carbonyl (C=O) groups excluding carboxylic acids is 1. The summed E-state index contributed by atoms with van der Waals surface area (Å²) in [6, 6.07) is 9.46. The minimum Gasteiger partial charge on any atom is -0.451 e. The third-order valence-electron chi connectivity index (χ3n) is 3.79. The quantitative estimate of drug-likeness (QED) is 0.734. The number of fused-ring (bicyclic) bond motifs is 1. The monoisotopic (exact) mass is 282 g/mol. The van der Waals surface area contributed by atoms with E-state index >= 15 is 0 Å². The number of carbonyl (C=O) groups is 1. The van der Waals surface area contributed by atoms with Crippen LogP contribution in [-0.4, -0.2) is 38.7 Å². The van der Waals surface area contributed by atoms with E-state index < -0.39 is 0 Å². The molecule has 3 heterocycles. The van der Waals surface area contributed by atoms with E-state index in [4.69, 9.17) is 4.42 Å². The van der Waals surface area contributed by atoms with Gasteiger partial charge in [-0.2, -0.15) is 5.10 Å². The molecule has 21 heavy (non-hydrogen) atoms. The van der Waals surface area contributed by atoms with Crippen molar-refractivity contribution in [1.29, 1.82) is 0 Å². The van der Waals surface area contributed by atoms with E-state index in [1.807, 2.05) is 30.3 Å². The first-order chi connectivity index (χ1) is 10.3. The van der Waals surface area contributed by atoms with Crippen LogP contribution >= 0.6 is 0 Å². The van der Waals surface area contributed by atoms with Gasteiger partial charge in [0.2, 0.25) is 0 Å². The number of para-hydroxylation sites is 1. The van der Waals surface area contributed by atoms with Crippen molar-refractivity contribution in [1.82, 2.24) is 19.7 Å². The average molecular weight is 282 g/mol. The molecule has 1 saturated heterocycles. The SMILES string of the molecule is O=C(c1cc2ccccc2o1)N1CC(Cn2cncn2)C1. The molecule has 1 aliphatic rings. The van der Waals surface area contributed by atoms with Gasteiger partial charge < -0.3 is 9.32 Å². The molecule has 0 spiro atoms. The summed E-state index contributed by atoms with van der Waals surface area (Å²) in [7, 11) is 0. The zero-order valence-corrected chi connectivity index (χ0v) is 11.3. The van der Waals surface area contributed by atoms with E-state index in [-0.39, 0.29) is 5.91 Å². The molecule has 1 fully saturated rings. The Morgan fingerprint density at radius 3 is 2.95 bits per heavy atom. The lowest BCUT2D eigenvalue weighted by atomic mass is 10.00. The van der Waals surface area contributed by atoms with Crippen LogP contribution in [0, 0.1) is 5.92 Å². The second-order valence-electron chi connectivity index (χ2n) is 5.34. The minimum absolute atomic E-state index is 0.0407. The lowest BCUT2D eigenvalue weighted by Crippen LogP contribution is -2.51. The summed E-state index contributed by atoms with van der Waals surface area (Å²) in [5, 5.41) is 5.04. The molecule has 0 N–H and O–H groups in total. The van der Waals surface area contributed by atoms with Crippen LogP contribution in [0.5, 0.6) is 0 Å². The second-order valence-corrected chi connectivity index (χ2v) is 5.34. The zero-order valence-electron chi connectivity index (χ0n) is 11.3. The molecule has 0 aliphatic carbocycles. The number of benzene rings is 1. The van der Waals surface area contributed by atoms with Crippen molar-refractivity contribution in [2.24, 2.45) is 5.92 Å². The van der Waals surface area contributed by atoms with Gasteiger partial charge in [0.15, 0.2) is 5.76 Å². The number of rotatable bonds is 3. The van der Waals surface area contributed by atoms with Gasteiger partial charge in [0.05, 0.1) is 0 Å². The third kappa shape index (κ3) is 2.18. The number of aromatic nitrogens is 3. The van der Waals surface area contributed by atoms with Crippen LogP contribution in [0.4, 0.5) is 0 Å². The van der Waals surface area contributed by atoms with Gasteiger partial charge in [-0.1, -0.05) is 18.2 Å². The number of hydrogen-bond donors (Lipinski definition) is 0. The molecule has 0 radical (unpaired) electrons. The van der Waals surface area contributed by atoms with Gasteiger partial charge in [0.1, 0.15) is 18.2 Å². The van der Waals surface area contributed by atoms with Crippen LogP contribution < -0.4 is 0 Å². The van der Waals surface area contributed by atoms with Crippen molar-refractivity contribution in [3.05, 3.63) is 48.7 Å². The molecule has 1 aliphatic heterocycles. The van der Waals surface area contributed by atoms with Gasteiger partial charge in [-0.15, -0.1) is 0 Å². The maximum Gasteiger partial charge on any atom is 0.289 e. The number of amides is 1. The van der Waals surface area contributed by atoms with Gasteiger partial charge in [0.25, 0.3) is 5.91 Å². The largest absolute Gasteiger partial charge is 0.451 e. The molecule has 1 amide bonds. The van der Waals surface area contributed by atoms with Crippen molar-refractivity contribution >= 4 is 16.9 Å². The van der Waals surface area contributed by atoms with Crippen LogP contribution in [0.1, 0.15) is 10.6 Å². The first kappa shape index (κ1) is 12.1. The number of likely N-dealkylation sites (tertiary alicyclic amines) is 1. The summed E-state index contributed by atoms with van der Waals surface area (Å²) < 4.78 is 7.41. The normalized spacial score (nSPS) is 15.3. The van der Waals surface area contributed by atoms with Crippen molar-refractivity contribution in [2.75, 3.05) is 13.1 Å². The van der Waals surface area contributed by atoms with E-state index in [0.29, 0.717) is 11.7 Å². The fraction of sp³-hybridized carbons (Fsp3) is 0.267. The molecular formula is C15H14N4O2. The molecular weight excluding hydrogens is 268 g/mol. The highest BCUT2D eigenvalue weighted by Crippen LogP contribution is 2.24. The molecule has 0 atom stereocenters. The molecule has 4 rings (SSSR count). The maximum atomic E-state index is 12.3. The predicted molar refractivity (Wildman–Crippen MR) is 75.6 cm³/mol. The maximum absolute atomic E-state index is 12.3. The fourth-order valence-corrected chi connectivity index (χ4v) is 2.69. The van der Waals surface area contributed by atoms with Gasteiger partial charge in [0, 0.05) is 30.9 Å². The highest BCUT2D eigenvalue weighted by molar-refractivity contribution is 5.96. The first-order valence-electron chi connectivity index (χ1n) is 6.90. The lowest BCUT2D eigenvalue weighted by molar-refractivity contribution is 0.0432.